The fourth-order valence-electron chi connectivity index (χ4n) is 3.50. The van der Waals surface area contributed by atoms with Crippen molar-refractivity contribution in [1.29, 1.82) is 5.26 Å². The summed E-state index contributed by atoms with van der Waals surface area (Å²) >= 11 is 0. The van der Waals surface area contributed by atoms with E-state index in [0.717, 1.165) is 12.0 Å². The lowest BCUT2D eigenvalue weighted by Crippen LogP contribution is -2.40. The van der Waals surface area contributed by atoms with Gasteiger partial charge in [0.25, 0.3) is 0 Å². The van der Waals surface area contributed by atoms with E-state index in [1.54, 1.807) is 0 Å². The molecule has 0 bridgehead atoms. The third-order valence-electron chi connectivity index (χ3n) is 4.85. The second kappa shape index (κ2) is 4.98. The summed E-state index contributed by atoms with van der Waals surface area (Å²) in [5.74, 6) is 0. The molecular formula is C15H26N2. The molecule has 0 heterocycles. The predicted octanol–water partition coefficient (Wildman–Crippen LogP) is 3.63. The number of hydrogen-bond acceptors (Lipinski definition) is 2. The van der Waals surface area contributed by atoms with Crippen LogP contribution in [0.3, 0.4) is 0 Å². The van der Waals surface area contributed by atoms with Crippen LogP contribution in [-0.4, -0.2) is 12.6 Å². The predicted molar refractivity (Wildman–Crippen MR) is 70.6 cm³/mol. The van der Waals surface area contributed by atoms with E-state index >= 15 is 0 Å². The van der Waals surface area contributed by atoms with Crippen molar-refractivity contribution in [3.63, 3.8) is 0 Å². The molecular weight excluding hydrogens is 208 g/mol. The van der Waals surface area contributed by atoms with Crippen molar-refractivity contribution in [3.8, 4) is 6.07 Å². The van der Waals surface area contributed by atoms with Crippen molar-refractivity contribution < 1.29 is 0 Å². The second-order valence-electron chi connectivity index (χ2n) is 6.86. The van der Waals surface area contributed by atoms with E-state index in [2.05, 4.69) is 11.4 Å². The number of nitriles is 1. The van der Waals surface area contributed by atoms with Gasteiger partial charge in [0.2, 0.25) is 0 Å². The Morgan fingerprint density at radius 3 is 2.29 bits per heavy atom. The maximum absolute atomic E-state index is 9.00. The molecule has 0 radical (unpaired) electrons. The van der Waals surface area contributed by atoms with Gasteiger partial charge < -0.3 is 5.32 Å². The Morgan fingerprint density at radius 2 is 1.76 bits per heavy atom. The van der Waals surface area contributed by atoms with Crippen LogP contribution in [0.4, 0.5) is 0 Å². The normalized spacial score (nSPS) is 25.0. The zero-order chi connectivity index (χ0) is 12.4. The molecule has 2 fully saturated rings. The highest BCUT2D eigenvalue weighted by Crippen LogP contribution is 2.48. The summed E-state index contributed by atoms with van der Waals surface area (Å²) in [4.78, 5) is 0. The van der Waals surface area contributed by atoms with Crippen molar-refractivity contribution >= 4 is 0 Å². The first kappa shape index (κ1) is 12.9. The molecule has 0 aromatic rings. The highest BCUT2D eigenvalue weighted by atomic mass is 14.9. The molecule has 0 saturated heterocycles. The number of rotatable bonds is 3. The van der Waals surface area contributed by atoms with Crippen molar-refractivity contribution in [3.05, 3.63) is 0 Å². The van der Waals surface area contributed by atoms with Crippen LogP contribution >= 0.6 is 0 Å². The molecule has 2 saturated carbocycles. The molecule has 0 aromatic carbocycles. The quantitative estimate of drug-likeness (QED) is 0.809. The smallest absolute Gasteiger partial charge is 0.0697 e. The minimum Gasteiger partial charge on any atom is -0.312 e. The highest BCUT2D eigenvalue weighted by Gasteiger charge is 2.37. The van der Waals surface area contributed by atoms with Gasteiger partial charge in [0.05, 0.1) is 11.5 Å². The monoisotopic (exact) mass is 234 g/mol. The molecule has 2 aliphatic carbocycles. The molecule has 0 unspecified atom stereocenters. The van der Waals surface area contributed by atoms with Crippen LogP contribution < -0.4 is 5.32 Å². The van der Waals surface area contributed by atoms with Gasteiger partial charge in [0, 0.05) is 12.6 Å². The van der Waals surface area contributed by atoms with Gasteiger partial charge >= 0.3 is 0 Å². The lowest BCUT2D eigenvalue weighted by molar-refractivity contribution is 0.165. The molecule has 0 aliphatic heterocycles. The van der Waals surface area contributed by atoms with Crippen molar-refractivity contribution in [2.24, 2.45) is 10.8 Å². The zero-order valence-corrected chi connectivity index (χ0v) is 11.4. The first-order valence-electron chi connectivity index (χ1n) is 7.20. The average molecular weight is 234 g/mol. The molecule has 2 nitrogen and oxygen atoms in total. The fourth-order valence-corrected chi connectivity index (χ4v) is 3.50. The highest BCUT2D eigenvalue weighted by molar-refractivity contribution is 4.96. The van der Waals surface area contributed by atoms with Gasteiger partial charge in [-0.2, -0.15) is 5.26 Å². The SMILES string of the molecule is CC(C)(C#N)CNC1CCC2(CCCC2)CC1. The molecule has 0 amide bonds. The van der Waals surface area contributed by atoms with Crippen LogP contribution in [0.1, 0.15) is 65.2 Å². The van der Waals surface area contributed by atoms with Crippen LogP contribution in [-0.2, 0) is 0 Å². The Balaban J connectivity index is 1.74. The largest absolute Gasteiger partial charge is 0.312 e. The number of nitrogens with zero attached hydrogens (tertiary/aromatic N) is 1. The van der Waals surface area contributed by atoms with Gasteiger partial charge in [-0.1, -0.05) is 12.8 Å². The van der Waals surface area contributed by atoms with E-state index in [1.807, 2.05) is 13.8 Å². The van der Waals surface area contributed by atoms with Crippen molar-refractivity contribution in [1.82, 2.24) is 5.32 Å². The zero-order valence-electron chi connectivity index (χ0n) is 11.4. The Hall–Kier alpha value is -0.550. The topological polar surface area (TPSA) is 35.8 Å². The minimum atomic E-state index is -0.220. The maximum atomic E-state index is 9.00. The number of hydrogen-bond donors (Lipinski definition) is 1. The van der Waals surface area contributed by atoms with Gasteiger partial charge in [-0.25, -0.2) is 0 Å². The van der Waals surface area contributed by atoms with Crippen LogP contribution in [0, 0.1) is 22.2 Å². The molecule has 0 aromatic heterocycles. The van der Waals surface area contributed by atoms with Gasteiger partial charge in [0.1, 0.15) is 0 Å². The van der Waals surface area contributed by atoms with Crippen LogP contribution in [0.25, 0.3) is 0 Å². The first-order chi connectivity index (χ1) is 8.05. The molecule has 0 atom stereocenters. The van der Waals surface area contributed by atoms with Crippen molar-refractivity contribution in [2.45, 2.75) is 71.3 Å². The lowest BCUT2D eigenvalue weighted by Gasteiger charge is -2.38. The van der Waals surface area contributed by atoms with Gasteiger partial charge in [-0.3, -0.25) is 0 Å². The third kappa shape index (κ3) is 3.22. The molecule has 1 spiro atoms. The molecule has 2 rings (SSSR count). The first-order valence-corrected chi connectivity index (χ1v) is 7.20. The van der Waals surface area contributed by atoms with E-state index in [9.17, 15) is 0 Å². The Labute approximate surface area is 106 Å². The Kier molecular flexibility index (Phi) is 3.78. The summed E-state index contributed by atoms with van der Waals surface area (Å²) in [6, 6.07) is 3.03. The second-order valence-corrected chi connectivity index (χ2v) is 6.86. The number of nitrogens with one attached hydrogen (secondary N) is 1. The summed E-state index contributed by atoms with van der Waals surface area (Å²) in [5, 5.41) is 12.6. The summed E-state index contributed by atoms with van der Waals surface area (Å²) in [5.41, 5.74) is 0.505. The average Bonchev–Trinajstić information content (AvgIpc) is 2.77. The van der Waals surface area contributed by atoms with Crippen LogP contribution in [0.2, 0.25) is 0 Å². The van der Waals surface area contributed by atoms with Gasteiger partial charge in [0.15, 0.2) is 0 Å². The minimum absolute atomic E-state index is 0.220. The molecule has 17 heavy (non-hydrogen) atoms. The van der Waals surface area contributed by atoms with E-state index in [4.69, 9.17) is 5.26 Å². The van der Waals surface area contributed by atoms with E-state index < -0.39 is 0 Å². The Morgan fingerprint density at radius 1 is 1.18 bits per heavy atom. The van der Waals surface area contributed by atoms with E-state index in [1.165, 1.54) is 51.4 Å². The summed E-state index contributed by atoms with van der Waals surface area (Å²) in [6.07, 6.45) is 11.3. The van der Waals surface area contributed by atoms with Gasteiger partial charge in [-0.05, 0) is 57.8 Å². The summed E-state index contributed by atoms with van der Waals surface area (Å²) in [7, 11) is 0. The molecule has 1 N–H and O–H groups in total. The summed E-state index contributed by atoms with van der Waals surface area (Å²) in [6.45, 7) is 4.86. The van der Waals surface area contributed by atoms with Crippen molar-refractivity contribution in [2.75, 3.05) is 6.54 Å². The molecule has 2 aliphatic rings. The van der Waals surface area contributed by atoms with Crippen LogP contribution in [0.15, 0.2) is 0 Å². The van der Waals surface area contributed by atoms with E-state index in [0.29, 0.717) is 6.04 Å². The summed E-state index contributed by atoms with van der Waals surface area (Å²) < 4.78 is 0. The molecule has 96 valence electrons. The molecule has 2 heteroatoms. The third-order valence-corrected chi connectivity index (χ3v) is 4.85. The fraction of sp³-hybridized carbons (Fsp3) is 0.933. The lowest BCUT2D eigenvalue weighted by atomic mass is 9.71. The van der Waals surface area contributed by atoms with E-state index in [-0.39, 0.29) is 5.41 Å². The van der Waals surface area contributed by atoms with Crippen LogP contribution in [0.5, 0.6) is 0 Å². The van der Waals surface area contributed by atoms with Gasteiger partial charge in [-0.15, -0.1) is 0 Å². The Bertz CT molecular complexity index is 285. The standard InChI is InChI=1S/C15H26N2/c1-14(2,11-16)12-17-13-5-9-15(10-6-13)7-3-4-8-15/h13,17H,3-10,12H2,1-2H3. The maximum Gasteiger partial charge on any atom is 0.0697 e.